The molecule has 724 valence electrons. The molecular formula is C136H132B2N6OS. The fraction of sp³-hybridized carbons (Fsp3) is 0.265. The smallest absolute Gasteiger partial charge is 0.252 e. The van der Waals surface area contributed by atoms with Gasteiger partial charge in [0.15, 0.2) is 5.58 Å². The van der Waals surface area contributed by atoms with Crippen LogP contribution >= 0.6 is 11.3 Å². The Morgan fingerprint density at radius 3 is 1.05 bits per heavy atom. The molecule has 4 aromatic heterocycles. The van der Waals surface area contributed by atoms with Crippen LogP contribution < -0.4 is 52.4 Å². The number of aromatic nitrogens is 2. The van der Waals surface area contributed by atoms with E-state index in [0.717, 1.165) is 67.4 Å². The Hall–Kier alpha value is -14.1. The predicted octanol–water partition coefficient (Wildman–Crippen LogP) is 34.0. The topological polar surface area (TPSA) is 36.0 Å². The number of aryl methyl sites for hydroxylation is 2. The SMILES string of the molecule is Cc1cc2c3c(c1)-n1c4c(c5cc(C(C)(C)C)cc(c51)B3c1ccc(N(c3ccc(C(C)(C)C)cc3)c3ccc(C(C)(C)C)cc3)cc1N2c1cccc2c1oc1cc(C(C)(C)C)ccc12)C(C)(C)c1ccccc1-4.Cc1cc2c3c(c1)-n1c4c(c5cc(C(C)(C)C)cc(c51)B3c1ccc(N(c3ccc(C(C)(C)C)cc3)c3ccc(C(C)(C)C)cc3)cc1N2c1cccc2sc3ccccc3c12)C(C)(C)c1ccccc1-4. The quantitative estimate of drug-likeness (QED) is 0.142. The molecule has 0 N–H and O–H groups in total. The van der Waals surface area contributed by atoms with Crippen LogP contribution in [0.3, 0.4) is 0 Å². The summed E-state index contributed by atoms with van der Waals surface area (Å²) in [6, 6.07) is 120. The summed E-state index contributed by atoms with van der Waals surface area (Å²) in [5.74, 6) is 0. The lowest BCUT2D eigenvalue weighted by atomic mass is 9.33. The summed E-state index contributed by atoms with van der Waals surface area (Å²) in [7, 11) is 0. The van der Waals surface area contributed by atoms with Gasteiger partial charge in [-0.25, -0.2) is 0 Å². The van der Waals surface area contributed by atoms with Crippen molar-refractivity contribution in [3.63, 3.8) is 0 Å². The Kier molecular flexibility index (Phi) is 20.2. The molecule has 10 heteroatoms. The fourth-order valence-electron chi connectivity index (χ4n) is 25.7. The minimum Gasteiger partial charge on any atom is -0.454 e. The maximum atomic E-state index is 7.23. The van der Waals surface area contributed by atoms with Gasteiger partial charge in [0.1, 0.15) is 5.58 Å². The van der Waals surface area contributed by atoms with Gasteiger partial charge in [0.2, 0.25) is 0 Å². The maximum Gasteiger partial charge on any atom is 0.252 e. The zero-order chi connectivity index (χ0) is 102. The van der Waals surface area contributed by atoms with E-state index in [-0.39, 0.29) is 62.2 Å². The number of benzene rings is 16. The van der Waals surface area contributed by atoms with E-state index in [9.17, 15) is 0 Å². The molecule has 0 bridgehead atoms. The summed E-state index contributed by atoms with van der Waals surface area (Å²) in [6.45, 7) is 63.0. The fourth-order valence-corrected chi connectivity index (χ4v) is 26.8. The van der Waals surface area contributed by atoms with Gasteiger partial charge in [-0.3, -0.25) is 0 Å². The predicted molar refractivity (Wildman–Crippen MR) is 630 cm³/mol. The van der Waals surface area contributed by atoms with Gasteiger partial charge in [-0.2, -0.15) is 0 Å². The molecule has 26 rings (SSSR count). The van der Waals surface area contributed by atoms with Crippen LogP contribution in [-0.4, -0.2) is 22.6 Å². The highest BCUT2D eigenvalue weighted by atomic mass is 32.1. The molecule has 0 atom stereocenters. The third kappa shape index (κ3) is 14.1. The molecule has 0 fully saturated rings. The van der Waals surface area contributed by atoms with E-state index in [2.05, 4.69) is 525 Å². The first-order valence-electron chi connectivity index (χ1n) is 52.9. The van der Waals surface area contributed by atoms with E-state index in [0.29, 0.717) is 0 Å². The largest absolute Gasteiger partial charge is 0.454 e. The summed E-state index contributed by atoms with van der Waals surface area (Å²) in [5, 5.41) is 7.61. The van der Waals surface area contributed by atoms with Crippen molar-refractivity contribution in [2.24, 2.45) is 0 Å². The van der Waals surface area contributed by atoms with Crippen LogP contribution in [0.4, 0.5) is 68.2 Å². The van der Waals surface area contributed by atoms with Crippen molar-refractivity contribution in [2.75, 3.05) is 19.6 Å². The van der Waals surface area contributed by atoms with Crippen molar-refractivity contribution in [3.05, 3.63) is 382 Å². The number of anilines is 12. The van der Waals surface area contributed by atoms with Crippen LogP contribution in [-0.2, 0) is 48.7 Å². The minimum absolute atomic E-state index is 0.00408. The molecule has 0 radical (unpaired) electrons. The molecule has 20 aromatic rings. The molecule has 0 amide bonds. The van der Waals surface area contributed by atoms with E-state index in [4.69, 9.17) is 4.42 Å². The lowest BCUT2D eigenvalue weighted by Gasteiger charge is -2.42. The lowest BCUT2D eigenvalue weighted by molar-refractivity contribution is 0.587. The molecule has 16 aromatic carbocycles. The Balaban J connectivity index is 0.000000152. The summed E-state index contributed by atoms with van der Waals surface area (Å²) in [4.78, 5) is 10.2. The maximum absolute atomic E-state index is 7.23. The second kappa shape index (κ2) is 31.7. The monoisotopic (exact) mass is 1920 g/mol. The number of para-hydroxylation sites is 1. The Morgan fingerprint density at radius 2 is 0.630 bits per heavy atom. The van der Waals surface area contributed by atoms with Gasteiger partial charge in [-0.05, 0) is 296 Å². The van der Waals surface area contributed by atoms with Gasteiger partial charge < -0.3 is 33.2 Å². The molecule has 0 saturated carbocycles. The van der Waals surface area contributed by atoms with E-state index in [1.807, 2.05) is 11.3 Å². The highest BCUT2D eigenvalue weighted by Crippen LogP contribution is 2.60. The summed E-state index contributed by atoms with van der Waals surface area (Å²) in [6.07, 6.45) is 0. The van der Waals surface area contributed by atoms with Gasteiger partial charge in [0.25, 0.3) is 13.4 Å². The molecule has 146 heavy (non-hydrogen) atoms. The summed E-state index contributed by atoms with van der Waals surface area (Å²) in [5.41, 5.74) is 51.3. The second-order valence-corrected chi connectivity index (χ2v) is 52.2. The van der Waals surface area contributed by atoms with Crippen LogP contribution in [0.15, 0.2) is 314 Å². The van der Waals surface area contributed by atoms with Crippen LogP contribution in [0, 0.1) is 13.8 Å². The minimum atomic E-state index is -0.196. The summed E-state index contributed by atoms with van der Waals surface area (Å²) >= 11 is 1.89. The molecule has 0 saturated heterocycles. The van der Waals surface area contributed by atoms with E-state index < -0.39 is 0 Å². The molecule has 0 unspecified atom stereocenters. The molecular weight excluding hydrogens is 1790 g/mol. The van der Waals surface area contributed by atoms with Crippen LogP contribution in [0.25, 0.3) is 97.8 Å². The third-order valence-corrected chi connectivity index (χ3v) is 34.6. The van der Waals surface area contributed by atoms with Crippen molar-refractivity contribution in [1.82, 2.24) is 9.13 Å². The number of rotatable bonds is 8. The number of furan rings is 1. The van der Waals surface area contributed by atoms with Gasteiger partial charge in [0, 0.05) is 143 Å². The zero-order valence-electron chi connectivity index (χ0n) is 90.1. The number of hydrogen-bond acceptors (Lipinski definition) is 6. The van der Waals surface area contributed by atoms with Crippen molar-refractivity contribution in [1.29, 1.82) is 0 Å². The number of nitrogens with zero attached hydrogens (tertiary/aromatic N) is 6. The third-order valence-electron chi connectivity index (χ3n) is 33.4. The summed E-state index contributed by atoms with van der Waals surface area (Å²) < 4.78 is 15.2. The molecule has 4 aliphatic heterocycles. The van der Waals surface area contributed by atoms with Crippen molar-refractivity contribution in [2.45, 2.75) is 236 Å². The van der Waals surface area contributed by atoms with Gasteiger partial charge in [-0.15, -0.1) is 11.3 Å². The first-order valence-corrected chi connectivity index (χ1v) is 53.7. The first-order chi connectivity index (χ1) is 69.2. The Labute approximate surface area is 867 Å². The van der Waals surface area contributed by atoms with Crippen LogP contribution in [0.2, 0.25) is 0 Å². The number of fused-ring (bicyclic) bond motifs is 24. The Bertz CT molecular complexity index is 8810. The molecule has 2 aliphatic carbocycles. The molecule has 6 aliphatic rings. The van der Waals surface area contributed by atoms with Gasteiger partial charge in [-0.1, -0.05) is 343 Å². The molecule has 7 nitrogen and oxygen atoms in total. The first kappa shape index (κ1) is 93.0. The normalized spacial score (nSPS) is 14.6. The Morgan fingerprint density at radius 1 is 0.274 bits per heavy atom. The van der Waals surface area contributed by atoms with Crippen molar-refractivity contribution >= 4 is 190 Å². The lowest BCUT2D eigenvalue weighted by Crippen LogP contribution is -2.60. The second-order valence-electron chi connectivity index (χ2n) is 51.2. The van der Waals surface area contributed by atoms with Crippen LogP contribution in [0.5, 0.6) is 0 Å². The van der Waals surface area contributed by atoms with Crippen molar-refractivity contribution in [3.8, 4) is 33.9 Å². The van der Waals surface area contributed by atoms with Crippen molar-refractivity contribution < 1.29 is 4.42 Å². The van der Waals surface area contributed by atoms with Gasteiger partial charge >= 0.3 is 0 Å². The van der Waals surface area contributed by atoms with E-state index in [1.54, 1.807) is 0 Å². The van der Waals surface area contributed by atoms with Crippen LogP contribution in [0.1, 0.15) is 245 Å². The zero-order valence-corrected chi connectivity index (χ0v) is 90.9. The highest BCUT2D eigenvalue weighted by molar-refractivity contribution is 7.26. The van der Waals surface area contributed by atoms with Gasteiger partial charge in [0.05, 0.1) is 22.8 Å². The number of thiophene rings is 1. The average molecular weight is 1920 g/mol. The molecule has 8 heterocycles. The number of hydrogen-bond donors (Lipinski definition) is 0. The standard InChI is InChI=1S/C70H70BN3O.C66H62BN3S/c1-41-35-58-62-59(36-41)74-63-52(61-64(74)51-19-16-17-21-53(51)70(61,14)15)37-45(69(11,12)13)38-55(63)71(62)54-34-32-48(72(46-28-23-42(24-29-46)66(2,3)4)47-30-25-43(26-31-47)67(5,6)7)40-57(54)73(58)56-22-18-20-50-49-33-27-44(68(8,9)10)39-60(49)75-65(50)56;1-39-34-54-60-55(35-39)70-61-48(59-62(70)46-18-13-15-20-49(46)66(59,11)12)36-42(65(8,9)10)37-51(61)67(60)50-33-32-45(38-53(50)69(54)52-21-17-23-57-58(52)47-19-14-16-22-56(47)71-57)68(43-28-24-40(25-29-43)63(2,3)4)44-30-26-41(27-31-44)64(5,6)7/h16-40H,1-15H3;13-38H,1-12H3. The van der Waals surface area contributed by atoms with E-state index >= 15 is 0 Å². The highest BCUT2D eigenvalue weighted by Gasteiger charge is 2.52. The average Bonchev–Trinajstić information content (AvgIpc) is 1.49. The van der Waals surface area contributed by atoms with E-state index in [1.165, 1.54) is 204 Å². The molecule has 0 spiro atoms.